The Hall–Kier alpha value is -4.37. The average Bonchev–Trinajstić information content (AvgIpc) is 4.12. The number of aliphatic carboxylic acids is 1. The summed E-state index contributed by atoms with van der Waals surface area (Å²) in [5.74, 6) is 0.00281. The molecule has 3 amide bonds. The Morgan fingerprint density at radius 1 is 1.00 bits per heavy atom. The van der Waals surface area contributed by atoms with Crippen molar-refractivity contribution in [3.63, 3.8) is 0 Å². The number of nitrogens with two attached hydrogens (primary N) is 1. The van der Waals surface area contributed by atoms with E-state index >= 15 is 0 Å². The Bertz CT molecular complexity index is 1880. The van der Waals surface area contributed by atoms with Gasteiger partial charge in [0.25, 0.3) is 0 Å². The number of nitrogens with one attached hydrogen (secondary N) is 1. The highest BCUT2D eigenvalue weighted by molar-refractivity contribution is 5.92. The number of amides is 3. The van der Waals surface area contributed by atoms with Crippen LogP contribution in [0.5, 0.6) is 17.4 Å². The van der Waals surface area contributed by atoms with Gasteiger partial charge in [0.1, 0.15) is 42.4 Å². The number of carboxylic acid groups (broad SMARTS) is 1. The van der Waals surface area contributed by atoms with E-state index in [0.29, 0.717) is 59.9 Å². The maximum atomic E-state index is 14.4. The fraction of sp³-hybridized carbons (Fsp3) is 0.705. The maximum Gasteiger partial charge on any atom is 0.408 e. The predicted octanol–water partition coefficient (Wildman–Crippen LogP) is 4.98. The van der Waals surface area contributed by atoms with Gasteiger partial charge in [0, 0.05) is 43.1 Å². The van der Waals surface area contributed by atoms with Crippen molar-refractivity contribution in [2.45, 2.75) is 122 Å². The third kappa shape index (κ3) is 9.20. The van der Waals surface area contributed by atoms with Gasteiger partial charge in [-0.3, -0.25) is 19.3 Å². The Morgan fingerprint density at radius 3 is 2.46 bits per heavy atom. The van der Waals surface area contributed by atoms with E-state index in [4.69, 9.17) is 34.4 Å². The smallest absolute Gasteiger partial charge is 0.408 e. The van der Waals surface area contributed by atoms with Crippen molar-refractivity contribution in [3.8, 4) is 17.4 Å². The average molecular weight is 820 g/mol. The number of benzene rings is 1. The summed E-state index contributed by atoms with van der Waals surface area (Å²) in [6.07, 6.45) is 9.64. The van der Waals surface area contributed by atoms with Gasteiger partial charge in [0.2, 0.25) is 17.7 Å². The number of carboxylic acids is 1. The fourth-order valence-electron chi connectivity index (χ4n) is 10.4. The van der Waals surface area contributed by atoms with E-state index in [9.17, 15) is 24.3 Å². The number of hydrogen-bond acceptors (Lipinski definition) is 11. The molecule has 1 unspecified atom stereocenters. The number of morpholine rings is 1. The number of rotatable bonds is 21. The summed E-state index contributed by atoms with van der Waals surface area (Å²) >= 11 is 0. The largest absolute Gasteiger partial charge is 0.492 e. The first-order valence-corrected chi connectivity index (χ1v) is 21.9. The second-order valence-electron chi connectivity index (χ2n) is 18.0. The Balaban J connectivity index is 0.917. The molecule has 322 valence electrons. The molecule has 2 aromatic rings. The molecule has 0 radical (unpaired) electrons. The van der Waals surface area contributed by atoms with E-state index in [-0.39, 0.29) is 30.9 Å². The molecule has 15 heteroatoms. The van der Waals surface area contributed by atoms with Crippen LogP contribution in [0.3, 0.4) is 0 Å². The van der Waals surface area contributed by atoms with Crippen LogP contribution in [-0.4, -0.2) is 121 Å². The normalized spacial score (nSPS) is 29.6. The fourth-order valence-corrected chi connectivity index (χ4v) is 10.4. The summed E-state index contributed by atoms with van der Waals surface area (Å²) in [7, 11) is 0. The van der Waals surface area contributed by atoms with Crippen LogP contribution in [0.4, 0.5) is 4.79 Å². The summed E-state index contributed by atoms with van der Waals surface area (Å²) in [6, 6.07) is 3.73. The monoisotopic (exact) mass is 819 g/mol. The summed E-state index contributed by atoms with van der Waals surface area (Å²) in [5, 5.41) is 12.8. The van der Waals surface area contributed by atoms with Gasteiger partial charge in [0.05, 0.1) is 37.8 Å². The van der Waals surface area contributed by atoms with Crippen molar-refractivity contribution in [1.82, 2.24) is 20.1 Å². The van der Waals surface area contributed by atoms with Gasteiger partial charge in [0.15, 0.2) is 0 Å². The zero-order chi connectivity index (χ0) is 41.3. The lowest BCUT2D eigenvalue weighted by atomic mass is 9.98. The van der Waals surface area contributed by atoms with Crippen molar-refractivity contribution in [2.75, 3.05) is 52.6 Å². The zero-order valence-corrected chi connectivity index (χ0v) is 34.6. The molecule has 3 heterocycles. The number of primary amides is 1. The SMILES string of the molecule is CCOc1cc(OC2C[C@@H](C(N)=O)N(C(=O)[C@H](CCCCCCC[C@@H]3C[C@@H]3C(=O)O)NC(=O)OC3CC45CC4(C3)C5)C2)c2ccc(OCCN3CCOCC3)c(C)c2n1. The molecule has 8 rings (SSSR count). The van der Waals surface area contributed by atoms with Crippen LogP contribution < -0.4 is 25.3 Å². The molecule has 0 spiro atoms. The number of unbranched alkanes of at least 4 members (excludes halogenated alkanes) is 4. The lowest BCUT2D eigenvalue weighted by Crippen LogP contribution is -2.53. The molecule has 2 saturated heterocycles. The molecule has 6 aliphatic rings. The van der Waals surface area contributed by atoms with Gasteiger partial charge < -0.3 is 44.7 Å². The van der Waals surface area contributed by atoms with Crippen molar-refractivity contribution < 1.29 is 48.0 Å². The van der Waals surface area contributed by atoms with Crippen LogP contribution >= 0.6 is 0 Å². The summed E-state index contributed by atoms with van der Waals surface area (Å²) in [6.45, 7) is 8.86. The number of carbonyl (C=O) groups is 4. The van der Waals surface area contributed by atoms with Crippen molar-refractivity contribution >= 4 is 34.8 Å². The molecule has 4 saturated carbocycles. The molecular weight excluding hydrogens is 759 g/mol. The van der Waals surface area contributed by atoms with Gasteiger partial charge in [-0.2, -0.15) is 0 Å². The number of likely N-dealkylation sites (tertiary alicyclic amines) is 1. The molecule has 5 atom stereocenters. The predicted molar refractivity (Wildman–Crippen MR) is 216 cm³/mol. The first-order chi connectivity index (χ1) is 28.5. The molecule has 1 aromatic heterocycles. The van der Waals surface area contributed by atoms with Crippen molar-refractivity contribution in [2.24, 2.45) is 28.4 Å². The summed E-state index contributed by atoms with van der Waals surface area (Å²) in [4.78, 5) is 60.4. The molecule has 2 aliphatic heterocycles. The molecule has 6 fully saturated rings. The van der Waals surface area contributed by atoms with Gasteiger partial charge in [-0.25, -0.2) is 9.78 Å². The summed E-state index contributed by atoms with van der Waals surface area (Å²) < 4.78 is 30.0. The van der Waals surface area contributed by atoms with Gasteiger partial charge in [-0.1, -0.05) is 32.1 Å². The summed E-state index contributed by atoms with van der Waals surface area (Å²) in [5.41, 5.74) is 8.23. The number of nitrogens with zero attached hydrogens (tertiary/aromatic N) is 3. The number of aryl methyl sites for hydroxylation is 1. The lowest BCUT2D eigenvalue weighted by Gasteiger charge is -2.28. The lowest BCUT2D eigenvalue weighted by molar-refractivity contribution is -0.139. The quantitative estimate of drug-likeness (QED) is 0.144. The molecule has 4 N–H and O–H groups in total. The van der Waals surface area contributed by atoms with Crippen LogP contribution in [0.1, 0.15) is 96.0 Å². The van der Waals surface area contributed by atoms with E-state index in [1.54, 1.807) is 6.07 Å². The Morgan fingerprint density at radius 2 is 1.75 bits per heavy atom. The Kier molecular flexibility index (Phi) is 12.1. The number of ether oxygens (including phenoxy) is 5. The van der Waals surface area contributed by atoms with Crippen molar-refractivity contribution in [1.29, 1.82) is 0 Å². The van der Waals surface area contributed by atoms with E-state index in [1.807, 2.05) is 26.0 Å². The third-order valence-electron chi connectivity index (χ3n) is 14.0. The third-order valence-corrected chi connectivity index (χ3v) is 14.0. The number of pyridine rings is 1. The highest BCUT2D eigenvalue weighted by atomic mass is 16.6. The highest BCUT2D eigenvalue weighted by Crippen LogP contribution is 2.93. The first-order valence-electron chi connectivity index (χ1n) is 21.9. The first kappa shape index (κ1) is 41.4. The number of hydrogen-bond donors (Lipinski definition) is 3. The minimum atomic E-state index is -0.926. The van der Waals surface area contributed by atoms with E-state index in [2.05, 4.69) is 10.2 Å². The second-order valence-corrected chi connectivity index (χ2v) is 18.0. The molecule has 0 bridgehead atoms. The van der Waals surface area contributed by atoms with Crippen LogP contribution in [0.25, 0.3) is 10.9 Å². The molecule has 1 aromatic carbocycles. The zero-order valence-electron chi connectivity index (χ0n) is 34.6. The molecule has 4 aliphatic carbocycles. The topological polar surface area (TPSA) is 192 Å². The van der Waals surface area contributed by atoms with E-state index in [0.717, 1.165) is 101 Å². The molecule has 59 heavy (non-hydrogen) atoms. The van der Waals surface area contributed by atoms with Gasteiger partial charge in [-0.15, -0.1) is 0 Å². The van der Waals surface area contributed by atoms with E-state index in [1.165, 1.54) is 17.7 Å². The number of fused-ring (bicyclic) bond motifs is 1. The number of aromatic nitrogens is 1. The molecule has 15 nitrogen and oxygen atoms in total. The second kappa shape index (κ2) is 17.3. The highest BCUT2D eigenvalue weighted by Gasteiger charge is 2.86. The van der Waals surface area contributed by atoms with Crippen LogP contribution in [0.15, 0.2) is 18.2 Å². The van der Waals surface area contributed by atoms with E-state index < -0.39 is 36.2 Å². The number of carbonyl (C=O) groups excluding carboxylic acids is 3. The molecular formula is C44H61N5O10. The Labute approximate surface area is 345 Å². The van der Waals surface area contributed by atoms with Gasteiger partial charge in [-0.05, 0) is 87.7 Å². The van der Waals surface area contributed by atoms with Crippen LogP contribution in [-0.2, 0) is 23.9 Å². The van der Waals surface area contributed by atoms with Gasteiger partial charge >= 0.3 is 12.1 Å². The minimum absolute atomic E-state index is 0.0985. The van der Waals surface area contributed by atoms with Crippen molar-refractivity contribution in [3.05, 3.63) is 23.8 Å². The standard InChI is InChI=1S/C44H61N5O10/c1-3-56-37-21-36(31-11-12-35(27(2)38(31)47-37)57-18-15-48-13-16-55-17-14-48)58-29-20-34(39(45)50)49(24-29)40(51)33(10-8-6-4-5-7-9-28-19-32(28)41(52)53)46-42(54)59-30-22-43-25-44(43,23-30)26-43/h11-12,21,28-30,32-34H,3-10,13-20,22-26H2,1-2H3,(H2,45,50)(H,46,54)(H,52,53)/t28-,29?,30?,32+,33+,34+,43?,44?/m1/s1. The maximum absolute atomic E-state index is 14.4. The van der Waals surface area contributed by atoms with Crippen LogP contribution in [0.2, 0.25) is 0 Å². The number of alkyl carbamates (subject to hydrolysis) is 1. The minimum Gasteiger partial charge on any atom is -0.492 e. The van der Waals surface area contributed by atoms with Crippen LogP contribution in [0, 0.1) is 29.6 Å².